The summed E-state index contributed by atoms with van der Waals surface area (Å²) in [4.78, 5) is 21.9. The van der Waals surface area contributed by atoms with Gasteiger partial charge in [-0.25, -0.2) is 9.18 Å². The third-order valence-electron chi connectivity index (χ3n) is 2.47. The van der Waals surface area contributed by atoms with Gasteiger partial charge in [-0.1, -0.05) is 12.1 Å². The smallest absolute Gasteiger partial charge is 0.471 e. The van der Waals surface area contributed by atoms with Crippen molar-refractivity contribution >= 4 is 11.9 Å². The van der Waals surface area contributed by atoms with Gasteiger partial charge in [0.15, 0.2) is 5.54 Å². The average molecular weight is 279 g/mol. The number of alkyl halides is 3. The zero-order valence-corrected chi connectivity index (χ0v) is 9.58. The van der Waals surface area contributed by atoms with E-state index in [0.29, 0.717) is 0 Å². The van der Waals surface area contributed by atoms with E-state index < -0.39 is 29.4 Å². The molecule has 0 spiro atoms. The number of halogens is 4. The number of rotatable bonds is 3. The van der Waals surface area contributed by atoms with Crippen LogP contribution in [0.4, 0.5) is 17.6 Å². The van der Waals surface area contributed by atoms with Crippen molar-refractivity contribution in [3.05, 3.63) is 35.6 Å². The van der Waals surface area contributed by atoms with Crippen molar-refractivity contribution in [2.45, 2.75) is 18.6 Å². The van der Waals surface area contributed by atoms with E-state index in [1.54, 1.807) is 0 Å². The molecule has 2 N–H and O–H groups in total. The van der Waals surface area contributed by atoms with Crippen LogP contribution in [0.2, 0.25) is 0 Å². The lowest BCUT2D eigenvalue weighted by Crippen LogP contribution is -2.53. The fourth-order valence-electron chi connectivity index (χ4n) is 1.33. The van der Waals surface area contributed by atoms with Crippen LogP contribution in [0, 0.1) is 5.82 Å². The van der Waals surface area contributed by atoms with Gasteiger partial charge in [-0.3, -0.25) is 4.79 Å². The van der Waals surface area contributed by atoms with Crippen LogP contribution in [-0.4, -0.2) is 23.2 Å². The molecule has 1 rings (SSSR count). The molecule has 19 heavy (non-hydrogen) atoms. The first-order chi connectivity index (χ1) is 8.57. The quantitative estimate of drug-likeness (QED) is 0.829. The predicted octanol–water partition coefficient (Wildman–Crippen LogP) is 1.80. The summed E-state index contributed by atoms with van der Waals surface area (Å²) in [6.07, 6.45) is -5.21. The average Bonchev–Trinajstić information content (AvgIpc) is 2.28. The molecule has 104 valence electrons. The van der Waals surface area contributed by atoms with Crippen LogP contribution < -0.4 is 5.32 Å². The molecule has 0 aliphatic heterocycles. The highest BCUT2D eigenvalue weighted by molar-refractivity contribution is 5.90. The SMILES string of the molecule is C[C@](NC(=O)C(F)(F)F)(C(=O)O)c1ccc(F)cc1. The normalized spacial score (nSPS) is 14.6. The first-order valence-corrected chi connectivity index (χ1v) is 4.96. The number of carboxylic acid groups (broad SMARTS) is 1. The molecule has 0 aromatic heterocycles. The van der Waals surface area contributed by atoms with Crippen molar-refractivity contribution in [3.63, 3.8) is 0 Å². The Hall–Kier alpha value is -2.12. The van der Waals surface area contributed by atoms with E-state index in [9.17, 15) is 27.2 Å². The number of hydrogen-bond acceptors (Lipinski definition) is 2. The number of aliphatic carboxylic acids is 1. The van der Waals surface area contributed by atoms with Gasteiger partial charge in [-0.2, -0.15) is 13.2 Å². The van der Waals surface area contributed by atoms with Gasteiger partial charge >= 0.3 is 18.1 Å². The molecule has 1 aromatic rings. The van der Waals surface area contributed by atoms with E-state index in [2.05, 4.69) is 0 Å². The van der Waals surface area contributed by atoms with E-state index in [-0.39, 0.29) is 5.56 Å². The molecule has 1 amide bonds. The van der Waals surface area contributed by atoms with E-state index in [4.69, 9.17) is 5.11 Å². The van der Waals surface area contributed by atoms with Gasteiger partial charge in [0.25, 0.3) is 0 Å². The molecule has 1 aromatic carbocycles. The summed E-state index contributed by atoms with van der Waals surface area (Å²) in [5.74, 6) is -4.77. The largest absolute Gasteiger partial charge is 0.479 e. The second kappa shape index (κ2) is 4.87. The van der Waals surface area contributed by atoms with Crippen molar-refractivity contribution in [1.29, 1.82) is 0 Å². The van der Waals surface area contributed by atoms with E-state index in [1.807, 2.05) is 0 Å². The molecule has 0 bridgehead atoms. The summed E-state index contributed by atoms with van der Waals surface area (Å²) in [5, 5.41) is 10.4. The van der Waals surface area contributed by atoms with Crippen molar-refractivity contribution < 1.29 is 32.3 Å². The van der Waals surface area contributed by atoms with E-state index in [0.717, 1.165) is 31.2 Å². The van der Waals surface area contributed by atoms with E-state index >= 15 is 0 Å². The lowest BCUT2D eigenvalue weighted by Gasteiger charge is -2.27. The molecule has 1 atom stereocenters. The maximum absolute atomic E-state index is 12.7. The minimum atomic E-state index is -5.21. The molecule has 0 unspecified atom stereocenters. The monoisotopic (exact) mass is 279 g/mol. The summed E-state index contributed by atoms with van der Waals surface area (Å²) in [7, 11) is 0. The third kappa shape index (κ3) is 3.21. The Balaban J connectivity index is 3.15. The Morgan fingerprint density at radius 2 is 1.63 bits per heavy atom. The van der Waals surface area contributed by atoms with Crippen molar-refractivity contribution in [1.82, 2.24) is 5.32 Å². The lowest BCUT2D eigenvalue weighted by molar-refractivity contribution is -0.177. The second-order valence-corrected chi connectivity index (χ2v) is 3.89. The number of hydrogen-bond donors (Lipinski definition) is 2. The number of amides is 1. The topological polar surface area (TPSA) is 66.4 Å². The molecule has 0 fully saturated rings. The summed E-state index contributed by atoms with van der Waals surface area (Å²) < 4.78 is 49.2. The third-order valence-corrected chi connectivity index (χ3v) is 2.47. The molecular formula is C11H9F4NO3. The van der Waals surface area contributed by atoms with Gasteiger partial charge in [-0.05, 0) is 24.6 Å². The number of carbonyl (C=O) groups is 2. The van der Waals surface area contributed by atoms with Gasteiger partial charge in [0.05, 0.1) is 0 Å². The van der Waals surface area contributed by atoms with Crippen LogP contribution in [0.1, 0.15) is 12.5 Å². The molecule has 0 saturated carbocycles. The van der Waals surface area contributed by atoms with Gasteiger partial charge in [0.1, 0.15) is 5.82 Å². The number of carboxylic acids is 1. The first-order valence-electron chi connectivity index (χ1n) is 4.96. The zero-order valence-electron chi connectivity index (χ0n) is 9.58. The Morgan fingerprint density at radius 1 is 1.16 bits per heavy atom. The second-order valence-electron chi connectivity index (χ2n) is 3.89. The van der Waals surface area contributed by atoms with E-state index in [1.165, 1.54) is 5.32 Å². The van der Waals surface area contributed by atoms with Crippen LogP contribution >= 0.6 is 0 Å². The summed E-state index contributed by atoms with van der Waals surface area (Å²) in [6, 6.07) is 3.74. The van der Waals surface area contributed by atoms with Gasteiger partial charge < -0.3 is 10.4 Å². The standard InChI is InChI=1S/C11H9F4NO3/c1-10(9(18)19,16-8(17)11(13,14)15)6-2-4-7(12)5-3-6/h2-5H,1H3,(H,16,17)(H,18,19)/t10-/m1/s1. The van der Waals surface area contributed by atoms with Gasteiger partial charge in [0, 0.05) is 0 Å². The fraction of sp³-hybridized carbons (Fsp3) is 0.273. The van der Waals surface area contributed by atoms with Gasteiger partial charge in [0.2, 0.25) is 0 Å². The molecule has 0 saturated heterocycles. The number of benzene rings is 1. The Morgan fingerprint density at radius 3 is 2.00 bits per heavy atom. The first kappa shape index (κ1) is 14.9. The van der Waals surface area contributed by atoms with Crippen molar-refractivity contribution in [3.8, 4) is 0 Å². The molecule has 0 radical (unpaired) electrons. The van der Waals surface area contributed by atoms with Crippen LogP contribution in [0.25, 0.3) is 0 Å². The highest BCUT2D eigenvalue weighted by Crippen LogP contribution is 2.24. The van der Waals surface area contributed by atoms with Crippen LogP contribution in [-0.2, 0) is 15.1 Å². The summed E-state index contributed by atoms with van der Waals surface area (Å²) in [6.45, 7) is 0.881. The maximum atomic E-state index is 12.7. The Bertz CT molecular complexity index is 498. The highest BCUT2D eigenvalue weighted by atomic mass is 19.4. The molecule has 4 nitrogen and oxygen atoms in total. The molecule has 0 aliphatic carbocycles. The van der Waals surface area contributed by atoms with Crippen LogP contribution in [0.3, 0.4) is 0 Å². The molecule has 8 heteroatoms. The minimum absolute atomic E-state index is 0.181. The maximum Gasteiger partial charge on any atom is 0.471 e. The van der Waals surface area contributed by atoms with Crippen LogP contribution in [0.5, 0.6) is 0 Å². The predicted molar refractivity (Wildman–Crippen MR) is 55.6 cm³/mol. The van der Waals surface area contributed by atoms with Crippen molar-refractivity contribution in [2.75, 3.05) is 0 Å². The summed E-state index contributed by atoms with van der Waals surface area (Å²) in [5.41, 5.74) is -2.49. The zero-order chi connectivity index (χ0) is 14.8. The Kier molecular flexibility index (Phi) is 3.83. The highest BCUT2D eigenvalue weighted by Gasteiger charge is 2.46. The fourth-order valence-corrected chi connectivity index (χ4v) is 1.33. The number of carbonyl (C=O) groups excluding carboxylic acids is 1. The molecule has 0 aliphatic rings. The van der Waals surface area contributed by atoms with Gasteiger partial charge in [-0.15, -0.1) is 0 Å². The molecular weight excluding hydrogens is 270 g/mol. The minimum Gasteiger partial charge on any atom is -0.479 e. The number of nitrogens with one attached hydrogen (secondary N) is 1. The lowest BCUT2D eigenvalue weighted by atomic mass is 9.92. The van der Waals surface area contributed by atoms with Crippen molar-refractivity contribution in [2.24, 2.45) is 0 Å². The van der Waals surface area contributed by atoms with Crippen LogP contribution in [0.15, 0.2) is 24.3 Å². The summed E-state index contributed by atoms with van der Waals surface area (Å²) >= 11 is 0. The Labute approximate surface area is 105 Å². The molecule has 0 heterocycles.